The fraction of sp³-hybridized carbons (Fsp3) is 0.280. The molecular weight excluding hydrogens is 418 g/mol. The van der Waals surface area contributed by atoms with Gasteiger partial charge in [0.1, 0.15) is 5.75 Å². The Morgan fingerprint density at radius 3 is 2.97 bits per heavy atom. The smallest absolute Gasteiger partial charge is 0.251 e. The van der Waals surface area contributed by atoms with Crippen LogP contribution in [0.2, 0.25) is 0 Å². The minimum Gasteiger partial charge on any atom is -0.493 e. The second-order valence-electron chi connectivity index (χ2n) is 8.21. The van der Waals surface area contributed by atoms with Crippen molar-refractivity contribution >= 4 is 23.3 Å². The van der Waals surface area contributed by atoms with Gasteiger partial charge in [0, 0.05) is 49.0 Å². The number of ether oxygens (including phenoxy) is 2. The summed E-state index contributed by atoms with van der Waals surface area (Å²) >= 11 is 0. The summed E-state index contributed by atoms with van der Waals surface area (Å²) < 4.78 is 11.0. The third kappa shape index (κ3) is 4.42. The molecule has 2 aliphatic heterocycles. The van der Waals surface area contributed by atoms with Gasteiger partial charge in [0.25, 0.3) is 5.91 Å². The minimum absolute atomic E-state index is 0.111. The standard InChI is InChI=1S/C25H25N5O3/c1-32-9-8-27-24(31)17-4-5-23-18(10-17)11-19(14-33-23)22-13-16-3-2-15(12-21(16)29-22)20-6-7-28-25(26)30-20/h2-7,10,12,19H,8-9,11,13-14H2,1H3,(H,27,31)(H2,26,28,30). The number of aromatic nitrogens is 2. The number of nitrogens with zero attached hydrogens (tertiary/aromatic N) is 3. The SMILES string of the molecule is COCCNC(=O)c1ccc2c(c1)CC(C1=Nc3cc(-c4ccnc(N)n4)ccc3C1)CO2. The molecule has 5 rings (SSSR count). The quantitative estimate of drug-likeness (QED) is 0.567. The molecule has 0 aliphatic carbocycles. The zero-order chi connectivity index (χ0) is 22.8. The number of aliphatic imine (C=N–C) groups is 1. The van der Waals surface area contributed by atoms with E-state index in [0.29, 0.717) is 25.3 Å². The van der Waals surface area contributed by atoms with E-state index in [1.54, 1.807) is 19.4 Å². The molecule has 8 nitrogen and oxygen atoms in total. The van der Waals surface area contributed by atoms with Crippen LogP contribution in [0.5, 0.6) is 5.75 Å². The van der Waals surface area contributed by atoms with Crippen molar-refractivity contribution in [3.8, 4) is 17.0 Å². The Morgan fingerprint density at radius 2 is 2.12 bits per heavy atom. The number of benzene rings is 2. The number of methoxy groups -OCH3 is 1. The molecule has 0 radical (unpaired) electrons. The number of nitrogens with one attached hydrogen (secondary N) is 1. The zero-order valence-corrected chi connectivity index (χ0v) is 18.4. The number of nitrogens with two attached hydrogens (primary N) is 1. The van der Waals surface area contributed by atoms with Gasteiger partial charge in [-0.1, -0.05) is 12.1 Å². The second-order valence-corrected chi connectivity index (χ2v) is 8.21. The first-order chi connectivity index (χ1) is 16.1. The van der Waals surface area contributed by atoms with Gasteiger partial charge in [-0.3, -0.25) is 9.79 Å². The molecule has 0 fully saturated rings. The number of amides is 1. The van der Waals surface area contributed by atoms with E-state index in [2.05, 4.69) is 21.4 Å². The number of rotatable bonds is 6. The number of nitrogen functional groups attached to an aromatic ring is 1. The van der Waals surface area contributed by atoms with Gasteiger partial charge in [-0.15, -0.1) is 0 Å². The van der Waals surface area contributed by atoms with Crippen molar-refractivity contribution in [1.82, 2.24) is 15.3 Å². The second kappa shape index (κ2) is 8.99. The maximum atomic E-state index is 12.4. The van der Waals surface area contributed by atoms with Crippen molar-refractivity contribution in [3.63, 3.8) is 0 Å². The third-order valence-electron chi connectivity index (χ3n) is 5.98. The van der Waals surface area contributed by atoms with Crippen LogP contribution in [0.15, 0.2) is 53.7 Å². The number of carbonyl (C=O) groups is 1. The zero-order valence-electron chi connectivity index (χ0n) is 18.4. The van der Waals surface area contributed by atoms with E-state index in [0.717, 1.165) is 46.8 Å². The number of carbonyl (C=O) groups excluding carboxylic acids is 1. The lowest BCUT2D eigenvalue weighted by atomic mass is 9.89. The lowest BCUT2D eigenvalue weighted by Crippen LogP contribution is -2.30. The third-order valence-corrected chi connectivity index (χ3v) is 5.98. The molecule has 1 amide bonds. The van der Waals surface area contributed by atoms with E-state index in [1.807, 2.05) is 30.3 Å². The summed E-state index contributed by atoms with van der Waals surface area (Å²) in [5.41, 5.74) is 12.4. The molecule has 168 valence electrons. The Kier molecular flexibility index (Phi) is 5.75. The maximum Gasteiger partial charge on any atom is 0.251 e. The monoisotopic (exact) mass is 443 g/mol. The van der Waals surface area contributed by atoms with E-state index >= 15 is 0 Å². The molecule has 2 aliphatic rings. The highest BCUT2D eigenvalue weighted by molar-refractivity contribution is 5.97. The summed E-state index contributed by atoms with van der Waals surface area (Å²) in [4.78, 5) is 25.6. The van der Waals surface area contributed by atoms with Gasteiger partial charge in [-0.2, -0.15) is 0 Å². The largest absolute Gasteiger partial charge is 0.493 e. The van der Waals surface area contributed by atoms with Crippen LogP contribution < -0.4 is 15.8 Å². The van der Waals surface area contributed by atoms with Crippen molar-refractivity contribution < 1.29 is 14.3 Å². The van der Waals surface area contributed by atoms with Gasteiger partial charge in [-0.25, -0.2) is 9.97 Å². The molecule has 33 heavy (non-hydrogen) atoms. The van der Waals surface area contributed by atoms with Crippen LogP contribution in [-0.2, 0) is 17.6 Å². The normalized spacial score (nSPS) is 16.4. The molecule has 1 unspecified atom stereocenters. The lowest BCUT2D eigenvalue weighted by Gasteiger charge is -2.26. The maximum absolute atomic E-state index is 12.4. The van der Waals surface area contributed by atoms with Gasteiger partial charge in [0.05, 0.1) is 24.6 Å². The molecule has 0 saturated heterocycles. The summed E-state index contributed by atoms with van der Waals surface area (Å²) in [5.74, 6) is 1.14. The van der Waals surface area contributed by atoms with E-state index in [1.165, 1.54) is 5.56 Å². The first-order valence-corrected chi connectivity index (χ1v) is 10.9. The molecule has 1 atom stereocenters. The number of anilines is 1. The van der Waals surface area contributed by atoms with Crippen LogP contribution in [0, 0.1) is 5.92 Å². The predicted molar refractivity (Wildman–Crippen MR) is 126 cm³/mol. The molecule has 0 spiro atoms. The number of hydrogen-bond acceptors (Lipinski definition) is 7. The first kappa shape index (κ1) is 21.1. The highest BCUT2D eigenvalue weighted by atomic mass is 16.5. The molecule has 0 bridgehead atoms. The van der Waals surface area contributed by atoms with Gasteiger partial charge in [0.15, 0.2) is 0 Å². The fourth-order valence-electron chi connectivity index (χ4n) is 4.25. The predicted octanol–water partition coefficient (Wildman–Crippen LogP) is 2.98. The summed E-state index contributed by atoms with van der Waals surface area (Å²) in [5, 5.41) is 2.86. The van der Waals surface area contributed by atoms with Crippen molar-refractivity contribution in [2.24, 2.45) is 10.9 Å². The lowest BCUT2D eigenvalue weighted by molar-refractivity contribution is 0.0937. The van der Waals surface area contributed by atoms with Crippen molar-refractivity contribution in [1.29, 1.82) is 0 Å². The van der Waals surface area contributed by atoms with Gasteiger partial charge >= 0.3 is 0 Å². The van der Waals surface area contributed by atoms with Gasteiger partial charge in [0.2, 0.25) is 5.95 Å². The van der Waals surface area contributed by atoms with E-state index in [9.17, 15) is 4.79 Å². The highest BCUT2D eigenvalue weighted by Gasteiger charge is 2.28. The fourth-order valence-corrected chi connectivity index (χ4v) is 4.25. The van der Waals surface area contributed by atoms with Crippen LogP contribution in [0.3, 0.4) is 0 Å². The average molecular weight is 444 g/mol. The summed E-state index contributed by atoms with van der Waals surface area (Å²) in [6.45, 7) is 1.53. The van der Waals surface area contributed by atoms with Crippen LogP contribution in [-0.4, -0.2) is 48.5 Å². The van der Waals surface area contributed by atoms with Crippen LogP contribution in [0.1, 0.15) is 21.5 Å². The molecular formula is C25H25N5O3. The van der Waals surface area contributed by atoms with Crippen LogP contribution in [0.4, 0.5) is 11.6 Å². The van der Waals surface area contributed by atoms with Crippen LogP contribution >= 0.6 is 0 Å². The van der Waals surface area contributed by atoms with Crippen LogP contribution in [0.25, 0.3) is 11.3 Å². The summed E-state index contributed by atoms with van der Waals surface area (Å²) in [6, 6.07) is 13.6. The summed E-state index contributed by atoms with van der Waals surface area (Å²) in [7, 11) is 1.61. The van der Waals surface area contributed by atoms with E-state index in [-0.39, 0.29) is 17.8 Å². The van der Waals surface area contributed by atoms with Crippen molar-refractivity contribution in [3.05, 3.63) is 65.4 Å². The highest BCUT2D eigenvalue weighted by Crippen LogP contribution is 2.36. The van der Waals surface area contributed by atoms with Crippen molar-refractivity contribution in [2.75, 3.05) is 32.6 Å². The average Bonchev–Trinajstić information content (AvgIpc) is 3.27. The van der Waals surface area contributed by atoms with E-state index < -0.39 is 0 Å². The summed E-state index contributed by atoms with van der Waals surface area (Å²) in [6.07, 6.45) is 3.24. The number of hydrogen-bond donors (Lipinski definition) is 2. The molecule has 2 aromatic carbocycles. The Bertz CT molecular complexity index is 1240. The number of fused-ring (bicyclic) bond motifs is 2. The topological polar surface area (TPSA) is 112 Å². The molecule has 3 N–H and O–H groups in total. The molecule has 8 heteroatoms. The van der Waals surface area contributed by atoms with E-state index in [4.69, 9.17) is 20.2 Å². The minimum atomic E-state index is -0.111. The Morgan fingerprint density at radius 1 is 1.21 bits per heavy atom. The Balaban J connectivity index is 1.33. The molecule has 1 aromatic heterocycles. The Labute approximate surface area is 191 Å². The van der Waals surface area contributed by atoms with Gasteiger partial charge < -0.3 is 20.5 Å². The molecule has 0 saturated carbocycles. The first-order valence-electron chi connectivity index (χ1n) is 10.9. The van der Waals surface area contributed by atoms with Crippen molar-refractivity contribution in [2.45, 2.75) is 12.8 Å². The van der Waals surface area contributed by atoms with Gasteiger partial charge in [-0.05, 0) is 47.9 Å². The molecule has 3 aromatic rings. The molecule has 3 heterocycles. The Hall–Kier alpha value is -3.78.